The fourth-order valence-corrected chi connectivity index (χ4v) is 3.24. The Hall–Kier alpha value is -1.58. The second-order valence-electron chi connectivity index (χ2n) is 5.40. The number of urea groups is 1. The van der Waals surface area contributed by atoms with Gasteiger partial charge in [0.05, 0.1) is 20.7 Å². The largest absolute Gasteiger partial charge is 0.343 e. The summed E-state index contributed by atoms with van der Waals surface area (Å²) in [6.07, 6.45) is 1.78. The predicted molar refractivity (Wildman–Crippen MR) is 116 cm³/mol. The van der Waals surface area contributed by atoms with Crippen LogP contribution in [-0.4, -0.2) is 26.1 Å². The summed E-state index contributed by atoms with van der Waals surface area (Å²) in [5.74, 6) is -0.797. The van der Waals surface area contributed by atoms with E-state index in [9.17, 15) is 9.59 Å². The van der Waals surface area contributed by atoms with E-state index in [1.54, 1.807) is 35.1 Å². The quantitative estimate of drug-likeness (QED) is 0.366. The lowest BCUT2D eigenvalue weighted by Crippen LogP contribution is -2.32. The van der Waals surface area contributed by atoms with E-state index in [1.807, 2.05) is 0 Å². The summed E-state index contributed by atoms with van der Waals surface area (Å²) in [4.78, 5) is 24.7. The molecular formula is C17H9Br2Cl3N4O2. The van der Waals surface area contributed by atoms with Crippen LogP contribution in [0.15, 0.2) is 57.7 Å². The molecule has 3 aromatic rings. The maximum Gasteiger partial charge on any atom is 0.343 e. The van der Waals surface area contributed by atoms with E-state index >= 15 is 0 Å². The third-order valence-corrected chi connectivity index (χ3v) is 6.10. The summed E-state index contributed by atoms with van der Waals surface area (Å²) in [5.41, 5.74) is 1.23. The van der Waals surface area contributed by atoms with Crippen molar-refractivity contribution in [2.24, 2.45) is 0 Å². The molecule has 0 atom stereocenters. The number of halogens is 5. The van der Waals surface area contributed by atoms with Gasteiger partial charge in [0, 0.05) is 28.7 Å². The van der Waals surface area contributed by atoms with E-state index in [0.29, 0.717) is 19.7 Å². The first kappa shape index (κ1) is 21.1. The Kier molecular flexibility index (Phi) is 6.67. The molecule has 6 nitrogen and oxygen atoms in total. The van der Waals surface area contributed by atoms with Gasteiger partial charge in [-0.1, -0.05) is 23.2 Å². The first-order valence-electron chi connectivity index (χ1n) is 7.53. The molecule has 0 unspecified atom stereocenters. The Balaban J connectivity index is 1.71. The van der Waals surface area contributed by atoms with Gasteiger partial charge in [-0.25, -0.2) is 9.48 Å². The minimum atomic E-state index is -0.833. The van der Waals surface area contributed by atoms with Crippen molar-refractivity contribution in [3.8, 4) is 5.69 Å². The lowest BCUT2D eigenvalue weighted by atomic mass is 10.2. The van der Waals surface area contributed by atoms with Crippen LogP contribution in [0.3, 0.4) is 0 Å². The van der Waals surface area contributed by atoms with Crippen LogP contribution in [0.5, 0.6) is 0 Å². The molecule has 1 N–H and O–H groups in total. The minimum absolute atomic E-state index is 0.0181. The zero-order valence-corrected chi connectivity index (χ0v) is 19.1. The van der Waals surface area contributed by atoms with Gasteiger partial charge < -0.3 is 5.32 Å². The first-order valence-corrected chi connectivity index (χ1v) is 10.2. The van der Waals surface area contributed by atoms with E-state index in [0.717, 1.165) is 10.2 Å². The highest BCUT2D eigenvalue weighted by atomic mass is 79.9. The fourth-order valence-electron chi connectivity index (χ4n) is 2.19. The highest BCUT2D eigenvalue weighted by molar-refractivity contribution is 9.13. The first-order chi connectivity index (χ1) is 13.3. The number of nitrogens with zero attached hydrogens (tertiary/aromatic N) is 3. The Morgan fingerprint density at radius 2 is 1.75 bits per heavy atom. The summed E-state index contributed by atoms with van der Waals surface area (Å²) in [6.45, 7) is 0. The summed E-state index contributed by atoms with van der Waals surface area (Å²) in [7, 11) is 0. The highest BCUT2D eigenvalue weighted by Crippen LogP contribution is 2.25. The number of nitrogens with one attached hydrogen (secondary N) is 1. The van der Waals surface area contributed by atoms with Crippen molar-refractivity contribution in [3.05, 3.63) is 73.3 Å². The number of amides is 3. The van der Waals surface area contributed by atoms with Gasteiger partial charge >= 0.3 is 6.03 Å². The van der Waals surface area contributed by atoms with Crippen LogP contribution in [0.2, 0.25) is 10.0 Å². The van der Waals surface area contributed by atoms with Crippen molar-refractivity contribution in [1.29, 1.82) is 0 Å². The molecule has 28 heavy (non-hydrogen) atoms. The van der Waals surface area contributed by atoms with Crippen LogP contribution in [0.25, 0.3) is 5.69 Å². The van der Waals surface area contributed by atoms with E-state index in [-0.39, 0.29) is 10.6 Å². The smallest absolute Gasteiger partial charge is 0.306 e. The molecule has 0 fully saturated rings. The van der Waals surface area contributed by atoms with E-state index in [4.69, 9.17) is 35.0 Å². The number of rotatable bonds is 3. The number of hydrogen-bond acceptors (Lipinski definition) is 3. The molecule has 0 bridgehead atoms. The van der Waals surface area contributed by atoms with Crippen LogP contribution in [0.4, 0.5) is 10.5 Å². The van der Waals surface area contributed by atoms with Crippen LogP contribution >= 0.6 is 66.8 Å². The van der Waals surface area contributed by atoms with Crippen LogP contribution in [0, 0.1) is 0 Å². The zero-order valence-electron chi connectivity index (χ0n) is 13.7. The van der Waals surface area contributed by atoms with Gasteiger partial charge in [-0.15, -0.1) is 0 Å². The lowest BCUT2D eigenvalue weighted by molar-refractivity contribution is 0.0893. The number of aromatic nitrogens is 2. The van der Waals surface area contributed by atoms with Crippen molar-refractivity contribution in [3.63, 3.8) is 0 Å². The summed E-state index contributed by atoms with van der Waals surface area (Å²) in [6, 6.07) is 10.3. The molecule has 0 saturated heterocycles. The normalized spacial score (nSPS) is 10.6. The Morgan fingerprint density at radius 1 is 1.07 bits per heavy atom. The molecule has 3 amide bonds. The topological polar surface area (TPSA) is 67.2 Å². The van der Waals surface area contributed by atoms with Gasteiger partial charge in [0.15, 0.2) is 0 Å². The van der Waals surface area contributed by atoms with Crippen LogP contribution in [-0.2, 0) is 0 Å². The maximum absolute atomic E-state index is 12.4. The van der Waals surface area contributed by atoms with Crippen molar-refractivity contribution >= 4 is 84.5 Å². The third kappa shape index (κ3) is 4.69. The van der Waals surface area contributed by atoms with Crippen molar-refractivity contribution in [2.75, 3.05) is 5.32 Å². The molecule has 144 valence electrons. The maximum atomic E-state index is 12.4. The van der Waals surface area contributed by atoms with Crippen LogP contribution < -0.4 is 5.32 Å². The van der Waals surface area contributed by atoms with E-state index < -0.39 is 11.9 Å². The average Bonchev–Trinajstić information content (AvgIpc) is 3.01. The highest BCUT2D eigenvalue weighted by Gasteiger charge is 2.23. The van der Waals surface area contributed by atoms with Crippen LogP contribution in [0.1, 0.15) is 10.4 Å². The summed E-state index contributed by atoms with van der Waals surface area (Å²) in [5, 5.41) is 7.23. The van der Waals surface area contributed by atoms with E-state index in [2.05, 4.69) is 42.3 Å². The van der Waals surface area contributed by atoms with Crippen molar-refractivity contribution in [1.82, 2.24) is 14.2 Å². The average molecular weight is 567 g/mol. The molecule has 1 aromatic heterocycles. The SMILES string of the molecule is O=C(Nc1ccc(-n2cc(Br)c(Br)n2)cc1)N(Cl)C(=O)c1cc(Cl)ccc1Cl. The molecule has 3 rings (SSSR count). The fraction of sp³-hybridized carbons (Fsp3) is 0. The number of carbonyl (C=O) groups excluding carboxylic acids is 2. The predicted octanol–water partition coefficient (Wildman–Crippen LogP) is 6.53. The van der Waals surface area contributed by atoms with Crippen molar-refractivity contribution < 1.29 is 9.59 Å². The molecule has 0 aliphatic carbocycles. The Morgan fingerprint density at radius 3 is 2.36 bits per heavy atom. The van der Waals surface area contributed by atoms with E-state index in [1.165, 1.54) is 18.2 Å². The molecule has 0 spiro atoms. The molecule has 11 heteroatoms. The van der Waals surface area contributed by atoms with Gasteiger partial charge in [-0.2, -0.15) is 9.52 Å². The second kappa shape index (κ2) is 8.84. The molecule has 0 aliphatic heterocycles. The summed E-state index contributed by atoms with van der Waals surface area (Å²) >= 11 is 24.4. The second-order valence-corrected chi connectivity index (χ2v) is 8.19. The lowest BCUT2D eigenvalue weighted by Gasteiger charge is -2.14. The van der Waals surface area contributed by atoms with Gasteiger partial charge in [0.1, 0.15) is 4.60 Å². The van der Waals surface area contributed by atoms with Gasteiger partial charge in [0.25, 0.3) is 5.91 Å². The number of anilines is 1. The Labute approximate surface area is 191 Å². The molecule has 0 radical (unpaired) electrons. The van der Waals surface area contributed by atoms with Crippen molar-refractivity contribution in [2.45, 2.75) is 0 Å². The number of benzene rings is 2. The standard InChI is InChI=1S/C17H9Br2Cl3N4O2/c18-13-8-25(24-15(13)19)11-4-2-10(3-5-11)23-17(28)26(22)16(27)12-7-9(20)1-6-14(12)21/h1-8H,(H,23,28). The number of hydrogen-bond donors (Lipinski definition) is 1. The monoisotopic (exact) mass is 564 g/mol. The Bertz CT molecular complexity index is 1040. The molecule has 1 heterocycles. The van der Waals surface area contributed by atoms with Gasteiger partial charge in [-0.3, -0.25) is 4.79 Å². The zero-order chi connectivity index (χ0) is 20.4. The van der Waals surface area contributed by atoms with Gasteiger partial charge in [-0.05, 0) is 74.3 Å². The summed E-state index contributed by atoms with van der Waals surface area (Å²) < 4.78 is 3.53. The third-order valence-electron chi connectivity index (χ3n) is 3.53. The number of carbonyl (C=O) groups is 2. The molecule has 0 saturated carbocycles. The molecular weight excluding hydrogens is 558 g/mol. The number of imide groups is 1. The van der Waals surface area contributed by atoms with Gasteiger partial charge in [0.2, 0.25) is 0 Å². The molecule has 2 aromatic carbocycles. The molecule has 0 aliphatic rings. The minimum Gasteiger partial charge on any atom is -0.306 e.